The zero-order valence-electron chi connectivity index (χ0n) is 14.5. The molecule has 3 aromatic rings. The molecule has 25 heavy (non-hydrogen) atoms. The highest BCUT2D eigenvalue weighted by Gasteiger charge is 2.26. The fraction of sp³-hybridized carbons (Fsp3) is 0.273. The monoisotopic (exact) mass is 328 g/mol. The van der Waals surface area contributed by atoms with Gasteiger partial charge >= 0.3 is 0 Å². The lowest BCUT2D eigenvalue weighted by Gasteiger charge is -2.32. The second-order valence-electron chi connectivity index (χ2n) is 7.45. The normalized spacial score (nSPS) is 15.3. The summed E-state index contributed by atoms with van der Waals surface area (Å²) < 4.78 is 1.94. The number of nitrogens with zero attached hydrogens (tertiary/aromatic N) is 2. The molecule has 0 fully saturated rings. The van der Waals surface area contributed by atoms with Gasteiger partial charge in [-0.2, -0.15) is 0 Å². The van der Waals surface area contributed by atoms with Crippen LogP contribution in [0.5, 0.6) is 0 Å². The van der Waals surface area contributed by atoms with Gasteiger partial charge in [-0.15, -0.1) is 0 Å². The Balaban J connectivity index is 1.79. The van der Waals surface area contributed by atoms with Crippen LogP contribution in [0.3, 0.4) is 0 Å². The van der Waals surface area contributed by atoms with E-state index in [-0.39, 0.29) is 11.0 Å². The standard InChI is InChI=1S/C22H20N2O/c1-22(2)10-12-24-19(15-22)14-17-13-16(7-9-20(17)21(24)25)6-8-18-5-3-4-11-23-18/h3-5,7,9,11,13-14H,10,12,15H2,1-2H3. The van der Waals surface area contributed by atoms with Crippen molar-refractivity contribution in [1.29, 1.82) is 0 Å². The molecule has 3 heterocycles. The molecule has 0 saturated heterocycles. The Hall–Kier alpha value is -2.86. The minimum atomic E-state index is 0.118. The average Bonchev–Trinajstić information content (AvgIpc) is 2.60. The number of fused-ring (bicyclic) bond motifs is 2. The maximum Gasteiger partial charge on any atom is 0.258 e. The number of hydrogen-bond acceptors (Lipinski definition) is 2. The van der Waals surface area contributed by atoms with Gasteiger partial charge < -0.3 is 4.57 Å². The highest BCUT2D eigenvalue weighted by molar-refractivity contribution is 5.83. The van der Waals surface area contributed by atoms with E-state index in [9.17, 15) is 4.79 Å². The minimum Gasteiger partial charge on any atom is -0.312 e. The number of pyridine rings is 2. The molecule has 1 aromatic carbocycles. The fourth-order valence-corrected chi connectivity index (χ4v) is 3.45. The molecule has 0 bridgehead atoms. The van der Waals surface area contributed by atoms with Crippen LogP contribution >= 0.6 is 0 Å². The average molecular weight is 328 g/mol. The molecule has 0 aliphatic carbocycles. The van der Waals surface area contributed by atoms with Crippen LogP contribution in [-0.4, -0.2) is 9.55 Å². The lowest BCUT2D eigenvalue weighted by molar-refractivity contribution is 0.267. The van der Waals surface area contributed by atoms with Crippen molar-refractivity contribution in [3.8, 4) is 11.8 Å². The third-order valence-electron chi connectivity index (χ3n) is 4.87. The summed E-state index contributed by atoms with van der Waals surface area (Å²) in [6.45, 7) is 5.33. The van der Waals surface area contributed by atoms with E-state index in [4.69, 9.17) is 0 Å². The summed E-state index contributed by atoms with van der Waals surface area (Å²) >= 11 is 0. The molecule has 0 amide bonds. The zero-order valence-corrected chi connectivity index (χ0v) is 14.5. The molecule has 0 N–H and O–H groups in total. The molecule has 1 aliphatic heterocycles. The van der Waals surface area contributed by atoms with Crippen molar-refractivity contribution in [2.24, 2.45) is 5.41 Å². The molecule has 4 rings (SSSR count). The Morgan fingerprint density at radius 2 is 2.00 bits per heavy atom. The first-order valence-electron chi connectivity index (χ1n) is 8.61. The van der Waals surface area contributed by atoms with Gasteiger partial charge in [-0.05, 0) is 66.0 Å². The van der Waals surface area contributed by atoms with Crippen LogP contribution in [-0.2, 0) is 13.0 Å². The Bertz CT molecular complexity index is 1070. The molecule has 3 nitrogen and oxygen atoms in total. The second kappa shape index (κ2) is 5.89. The number of hydrogen-bond donors (Lipinski definition) is 0. The first kappa shape index (κ1) is 15.7. The Kier molecular flexibility index (Phi) is 3.69. The van der Waals surface area contributed by atoms with Crippen molar-refractivity contribution in [1.82, 2.24) is 9.55 Å². The summed E-state index contributed by atoms with van der Waals surface area (Å²) in [5.74, 6) is 6.22. The van der Waals surface area contributed by atoms with Crippen molar-refractivity contribution < 1.29 is 0 Å². The van der Waals surface area contributed by atoms with E-state index < -0.39 is 0 Å². The minimum absolute atomic E-state index is 0.118. The Morgan fingerprint density at radius 3 is 2.80 bits per heavy atom. The van der Waals surface area contributed by atoms with E-state index in [1.807, 2.05) is 41.0 Å². The molecule has 0 unspecified atom stereocenters. The Morgan fingerprint density at radius 1 is 1.12 bits per heavy atom. The van der Waals surface area contributed by atoms with E-state index in [1.165, 1.54) is 0 Å². The van der Waals surface area contributed by atoms with Gasteiger partial charge in [0.15, 0.2) is 0 Å². The first-order valence-corrected chi connectivity index (χ1v) is 8.61. The number of aromatic nitrogens is 2. The smallest absolute Gasteiger partial charge is 0.258 e. The maximum absolute atomic E-state index is 12.8. The second-order valence-corrected chi connectivity index (χ2v) is 7.45. The molecule has 0 saturated carbocycles. The van der Waals surface area contributed by atoms with Crippen LogP contribution in [0.25, 0.3) is 10.8 Å². The van der Waals surface area contributed by atoms with Crippen LogP contribution in [0.4, 0.5) is 0 Å². The van der Waals surface area contributed by atoms with Crippen molar-refractivity contribution >= 4 is 10.8 Å². The Labute approximate surface area is 147 Å². The zero-order chi connectivity index (χ0) is 17.4. The molecule has 1 aliphatic rings. The highest BCUT2D eigenvalue weighted by Crippen LogP contribution is 2.31. The third-order valence-corrected chi connectivity index (χ3v) is 4.87. The van der Waals surface area contributed by atoms with Gasteiger partial charge in [-0.1, -0.05) is 25.8 Å². The van der Waals surface area contributed by atoms with E-state index in [1.54, 1.807) is 6.20 Å². The van der Waals surface area contributed by atoms with Crippen molar-refractivity contribution in [2.45, 2.75) is 33.2 Å². The molecule has 2 aromatic heterocycles. The molecular formula is C22H20N2O. The molecular weight excluding hydrogens is 308 g/mol. The highest BCUT2D eigenvalue weighted by atomic mass is 16.1. The van der Waals surface area contributed by atoms with Crippen LogP contribution in [0.1, 0.15) is 37.2 Å². The SMILES string of the molecule is CC1(C)CCn2c(cc3cc(C#Cc4ccccn4)ccc3c2=O)C1. The predicted octanol–water partition coefficient (Wildman–Crippen LogP) is 3.77. The largest absolute Gasteiger partial charge is 0.312 e. The molecule has 0 radical (unpaired) electrons. The van der Waals surface area contributed by atoms with E-state index >= 15 is 0 Å². The van der Waals surface area contributed by atoms with Crippen LogP contribution in [0.2, 0.25) is 0 Å². The lowest BCUT2D eigenvalue weighted by Crippen LogP contribution is -2.33. The van der Waals surface area contributed by atoms with Crippen LogP contribution in [0, 0.1) is 17.3 Å². The summed E-state index contributed by atoms with van der Waals surface area (Å²) in [4.78, 5) is 17.0. The van der Waals surface area contributed by atoms with Crippen molar-refractivity contribution in [3.05, 3.63) is 76.0 Å². The van der Waals surface area contributed by atoms with Crippen molar-refractivity contribution in [3.63, 3.8) is 0 Å². The summed E-state index contributed by atoms with van der Waals surface area (Å²) in [6, 6.07) is 13.7. The quantitative estimate of drug-likeness (QED) is 0.589. The van der Waals surface area contributed by atoms with Gasteiger partial charge in [-0.25, -0.2) is 4.98 Å². The van der Waals surface area contributed by atoms with Gasteiger partial charge in [0.2, 0.25) is 0 Å². The van der Waals surface area contributed by atoms with Crippen LogP contribution in [0.15, 0.2) is 53.5 Å². The fourth-order valence-electron chi connectivity index (χ4n) is 3.45. The van der Waals surface area contributed by atoms with E-state index in [2.05, 4.69) is 36.7 Å². The maximum atomic E-state index is 12.8. The van der Waals surface area contributed by atoms with E-state index in [0.29, 0.717) is 0 Å². The molecule has 0 spiro atoms. The van der Waals surface area contributed by atoms with Crippen molar-refractivity contribution in [2.75, 3.05) is 0 Å². The van der Waals surface area contributed by atoms with E-state index in [0.717, 1.165) is 47.1 Å². The molecule has 3 heteroatoms. The van der Waals surface area contributed by atoms with Gasteiger partial charge in [0.25, 0.3) is 5.56 Å². The molecule has 0 atom stereocenters. The van der Waals surface area contributed by atoms with Gasteiger partial charge in [0.1, 0.15) is 5.69 Å². The predicted molar refractivity (Wildman–Crippen MR) is 101 cm³/mol. The molecule has 124 valence electrons. The van der Waals surface area contributed by atoms with Crippen LogP contribution < -0.4 is 5.56 Å². The van der Waals surface area contributed by atoms with Gasteiger partial charge in [-0.3, -0.25) is 4.79 Å². The third kappa shape index (κ3) is 3.08. The summed E-state index contributed by atoms with van der Waals surface area (Å²) in [5.41, 5.74) is 3.14. The van der Waals surface area contributed by atoms with Gasteiger partial charge in [0, 0.05) is 29.4 Å². The summed E-state index contributed by atoms with van der Waals surface area (Å²) in [6.07, 6.45) is 3.71. The topological polar surface area (TPSA) is 34.9 Å². The summed E-state index contributed by atoms with van der Waals surface area (Å²) in [7, 11) is 0. The lowest BCUT2D eigenvalue weighted by atomic mass is 9.81. The number of rotatable bonds is 0. The van der Waals surface area contributed by atoms with Gasteiger partial charge in [0.05, 0.1) is 0 Å². The number of benzene rings is 1. The first-order chi connectivity index (χ1) is 12.0. The summed E-state index contributed by atoms with van der Waals surface area (Å²) in [5, 5.41) is 1.74.